The standard InChI is InChI=1S/C20H30N2O2/c1-4-16-7-5-6-8-17(16)22-11-9-20(10-12-22)14-21-19(23)18(24-20)13-15(2)3/h5-8,15,18H,4,9-14H2,1-3H3,(H,21,23). The summed E-state index contributed by atoms with van der Waals surface area (Å²) in [5.41, 5.74) is 2.59. The molecule has 4 heteroatoms. The van der Waals surface area contributed by atoms with Crippen molar-refractivity contribution in [3.8, 4) is 0 Å². The number of piperidine rings is 1. The van der Waals surface area contributed by atoms with Gasteiger partial charge in [0.05, 0.1) is 5.60 Å². The molecular formula is C20H30N2O2. The van der Waals surface area contributed by atoms with E-state index in [0.29, 0.717) is 12.5 Å². The van der Waals surface area contributed by atoms with Crippen molar-refractivity contribution >= 4 is 11.6 Å². The lowest BCUT2D eigenvalue weighted by Crippen LogP contribution is -2.61. The first kappa shape index (κ1) is 17.3. The Labute approximate surface area is 145 Å². The molecule has 0 radical (unpaired) electrons. The molecule has 0 aromatic heterocycles. The maximum absolute atomic E-state index is 12.1. The topological polar surface area (TPSA) is 41.6 Å². The molecule has 1 aromatic rings. The van der Waals surface area contributed by atoms with Gasteiger partial charge in [0.1, 0.15) is 6.10 Å². The fourth-order valence-corrected chi connectivity index (χ4v) is 3.91. The Morgan fingerprint density at radius 2 is 2.00 bits per heavy atom. The Bertz CT molecular complexity index is 577. The molecule has 2 saturated heterocycles. The number of hydrogen-bond acceptors (Lipinski definition) is 3. The Morgan fingerprint density at radius 1 is 1.29 bits per heavy atom. The highest BCUT2D eigenvalue weighted by Gasteiger charge is 2.43. The maximum atomic E-state index is 12.1. The van der Waals surface area contributed by atoms with Gasteiger partial charge < -0.3 is 15.0 Å². The molecule has 2 heterocycles. The van der Waals surface area contributed by atoms with Crippen LogP contribution in [0.4, 0.5) is 5.69 Å². The third-order valence-corrected chi connectivity index (χ3v) is 5.34. The van der Waals surface area contributed by atoms with Gasteiger partial charge in [-0.25, -0.2) is 0 Å². The summed E-state index contributed by atoms with van der Waals surface area (Å²) < 4.78 is 6.34. The molecule has 1 spiro atoms. The van der Waals surface area contributed by atoms with Crippen molar-refractivity contribution in [1.82, 2.24) is 5.32 Å². The fourth-order valence-electron chi connectivity index (χ4n) is 3.91. The Hall–Kier alpha value is -1.55. The summed E-state index contributed by atoms with van der Waals surface area (Å²) in [6, 6.07) is 8.68. The first-order chi connectivity index (χ1) is 11.5. The summed E-state index contributed by atoms with van der Waals surface area (Å²) in [6.45, 7) is 9.12. The van der Waals surface area contributed by atoms with Crippen molar-refractivity contribution in [3.05, 3.63) is 29.8 Å². The van der Waals surface area contributed by atoms with Gasteiger partial charge >= 0.3 is 0 Å². The number of anilines is 1. The fraction of sp³-hybridized carbons (Fsp3) is 0.650. The van der Waals surface area contributed by atoms with Gasteiger partial charge in [0.2, 0.25) is 5.91 Å². The number of ether oxygens (including phenoxy) is 1. The minimum atomic E-state index is -0.284. The van der Waals surface area contributed by atoms with E-state index < -0.39 is 0 Å². The quantitative estimate of drug-likeness (QED) is 0.922. The largest absolute Gasteiger partial charge is 0.371 e. The van der Waals surface area contributed by atoms with Crippen LogP contribution in [-0.4, -0.2) is 37.2 Å². The van der Waals surface area contributed by atoms with E-state index in [0.717, 1.165) is 38.8 Å². The molecule has 2 fully saturated rings. The van der Waals surface area contributed by atoms with Gasteiger partial charge in [0.25, 0.3) is 0 Å². The van der Waals surface area contributed by atoms with Crippen LogP contribution in [0.1, 0.15) is 45.6 Å². The first-order valence-corrected chi connectivity index (χ1v) is 9.31. The Morgan fingerprint density at radius 3 is 2.67 bits per heavy atom. The number of nitrogens with zero attached hydrogens (tertiary/aromatic N) is 1. The van der Waals surface area contributed by atoms with Crippen LogP contribution >= 0.6 is 0 Å². The Kier molecular flexibility index (Phi) is 5.14. The van der Waals surface area contributed by atoms with Crippen LogP contribution in [0.2, 0.25) is 0 Å². The zero-order valence-electron chi connectivity index (χ0n) is 15.2. The van der Waals surface area contributed by atoms with Crippen molar-refractivity contribution in [3.63, 3.8) is 0 Å². The molecule has 1 atom stereocenters. The molecule has 0 aliphatic carbocycles. The number of carbonyl (C=O) groups is 1. The maximum Gasteiger partial charge on any atom is 0.249 e. The molecule has 4 nitrogen and oxygen atoms in total. The highest BCUT2D eigenvalue weighted by molar-refractivity contribution is 5.81. The second kappa shape index (κ2) is 7.14. The zero-order chi connectivity index (χ0) is 17.2. The highest BCUT2D eigenvalue weighted by atomic mass is 16.5. The number of carbonyl (C=O) groups excluding carboxylic acids is 1. The van der Waals surface area contributed by atoms with Crippen LogP contribution in [-0.2, 0) is 16.0 Å². The Balaban J connectivity index is 1.66. The van der Waals surface area contributed by atoms with Crippen LogP contribution in [0.15, 0.2) is 24.3 Å². The summed E-state index contributed by atoms with van der Waals surface area (Å²) >= 11 is 0. The average Bonchev–Trinajstić information content (AvgIpc) is 2.59. The summed E-state index contributed by atoms with van der Waals surface area (Å²) in [5.74, 6) is 0.528. The summed E-state index contributed by atoms with van der Waals surface area (Å²) in [7, 11) is 0. The summed E-state index contributed by atoms with van der Waals surface area (Å²) in [6.07, 6.45) is 3.52. The van der Waals surface area contributed by atoms with Gasteiger partial charge in [-0.05, 0) is 43.2 Å². The molecule has 1 N–H and O–H groups in total. The number of hydrogen-bond donors (Lipinski definition) is 1. The molecular weight excluding hydrogens is 300 g/mol. The molecule has 1 amide bonds. The first-order valence-electron chi connectivity index (χ1n) is 9.31. The van der Waals surface area contributed by atoms with Crippen LogP contribution in [0.25, 0.3) is 0 Å². The summed E-state index contributed by atoms with van der Waals surface area (Å²) in [4.78, 5) is 14.6. The van der Waals surface area contributed by atoms with Gasteiger partial charge in [-0.2, -0.15) is 0 Å². The van der Waals surface area contributed by atoms with Gasteiger partial charge in [0, 0.05) is 25.3 Å². The molecule has 2 aliphatic heterocycles. The molecule has 132 valence electrons. The third kappa shape index (κ3) is 3.59. The van der Waals surface area contributed by atoms with Crippen molar-refractivity contribution in [2.45, 2.75) is 58.2 Å². The molecule has 24 heavy (non-hydrogen) atoms. The van der Waals surface area contributed by atoms with E-state index in [1.165, 1.54) is 11.3 Å². The second-order valence-corrected chi connectivity index (χ2v) is 7.61. The highest BCUT2D eigenvalue weighted by Crippen LogP contribution is 2.34. The zero-order valence-corrected chi connectivity index (χ0v) is 15.2. The minimum absolute atomic E-state index is 0.0630. The SMILES string of the molecule is CCc1ccccc1N1CCC2(CC1)CNC(=O)C(CC(C)C)O2. The van der Waals surface area contributed by atoms with E-state index in [4.69, 9.17) is 4.74 Å². The van der Waals surface area contributed by atoms with Gasteiger partial charge in [-0.15, -0.1) is 0 Å². The predicted octanol–water partition coefficient (Wildman–Crippen LogP) is 3.15. The lowest BCUT2D eigenvalue weighted by molar-refractivity contribution is -0.167. The molecule has 0 bridgehead atoms. The normalized spacial score (nSPS) is 23.6. The van der Waals surface area contributed by atoms with E-state index in [2.05, 4.69) is 55.3 Å². The van der Waals surface area contributed by atoms with E-state index in [-0.39, 0.29) is 17.6 Å². The lowest BCUT2D eigenvalue weighted by atomic mass is 9.88. The number of morpholine rings is 1. The minimum Gasteiger partial charge on any atom is -0.371 e. The van der Waals surface area contributed by atoms with Crippen molar-refractivity contribution in [1.29, 1.82) is 0 Å². The number of nitrogens with one attached hydrogen (secondary N) is 1. The third-order valence-electron chi connectivity index (χ3n) is 5.34. The number of aryl methyl sites for hydroxylation is 1. The number of benzene rings is 1. The van der Waals surface area contributed by atoms with E-state index >= 15 is 0 Å². The number of amides is 1. The van der Waals surface area contributed by atoms with E-state index in [9.17, 15) is 4.79 Å². The lowest BCUT2D eigenvalue weighted by Gasteiger charge is -2.47. The average molecular weight is 330 g/mol. The van der Waals surface area contributed by atoms with Gasteiger partial charge in [-0.1, -0.05) is 39.0 Å². The molecule has 3 rings (SSSR count). The summed E-state index contributed by atoms with van der Waals surface area (Å²) in [5, 5.41) is 3.09. The van der Waals surface area contributed by atoms with Crippen molar-refractivity contribution in [2.75, 3.05) is 24.5 Å². The van der Waals surface area contributed by atoms with Crippen LogP contribution in [0.5, 0.6) is 0 Å². The van der Waals surface area contributed by atoms with Crippen molar-refractivity contribution < 1.29 is 9.53 Å². The smallest absolute Gasteiger partial charge is 0.249 e. The molecule has 1 aromatic carbocycles. The van der Waals surface area contributed by atoms with Gasteiger partial charge in [0.15, 0.2) is 0 Å². The molecule has 1 unspecified atom stereocenters. The van der Waals surface area contributed by atoms with Crippen LogP contribution in [0.3, 0.4) is 0 Å². The molecule has 0 saturated carbocycles. The van der Waals surface area contributed by atoms with E-state index in [1.807, 2.05) is 0 Å². The van der Waals surface area contributed by atoms with Crippen LogP contribution in [0, 0.1) is 5.92 Å². The predicted molar refractivity (Wildman–Crippen MR) is 97.3 cm³/mol. The van der Waals surface area contributed by atoms with Gasteiger partial charge in [-0.3, -0.25) is 4.79 Å². The van der Waals surface area contributed by atoms with Crippen LogP contribution < -0.4 is 10.2 Å². The second-order valence-electron chi connectivity index (χ2n) is 7.61. The molecule has 2 aliphatic rings. The number of para-hydroxylation sites is 1. The monoisotopic (exact) mass is 330 g/mol. The van der Waals surface area contributed by atoms with E-state index in [1.54, 1.807) is 0 Å². The van der Waals surface area contributed by atoms with Crippen molar-refractivity contribution in [2.24, 2.45) is 5.92 Å². The number of rotatable bonds is 4.